The summed E-state index contributed by atoms with van der Waals surface area (Å²) in [5.74, 6) is -0.587. The number of hydrogen-bond donors (Lipinski definition) is 3. The van der Waals surface area contributed by atoms with Crippen LogP contribution >= 0.6 is 0 Å². The van der Waals surface area contributed by atoms with Gasteiger partial charge < -0.3 is 19.7 Å². The number of esters is 1. The third kappa shape index (κ3) is 3.26. The lowest BCUT2D eigenvalue weighted by Crippen LogP contribution is -2.49. The van der Waals surface area contributed by atoms with Crippen LogP contribution in [0.25, 0.3) is 0 Å². The number of hydrogen-bond acceptors (Lipinski definition) is 7. The average Bonchev–Trinajstić information content (AvgIpc) is 2.72. The van der Waals surface area contributed by atoms with Crippen LogP contribution in [0.3, 0.4) is 0 Å². The van der Waals surface area contributed by atoms with Crippen molar-refractivity contribution in [2.45, 2.75) is 38.2 Å². The summed E-state index contributed by atoms with van der Waals surface area (Å²) in [4.78, 5) is 35.9. The monoisotopic (exact) mass is 314 g/mol. The van der Waals surface area contributed by atoms with E-state index in [2.05, 4.69) is 4.98 Å². The molecule has 0 radical (unpaired) electrons. The third-order valence-electron chi connectivity index (χ3n) is 3.54. The predicted molar refractivity (Wildman–Crippen MR) is 73.4 cm³/mol. The van der Waals surface area contributed by atoms with Crippen LogP contribution < -0.4 is 11.2 Å². The quantitative estimate of drug-likeness (QED) is 0.542. The Kier molecular flexibility index (Phi) is 4.50. The molecule has 0 spiro atoms. The van der Waals surface area contributed by atoms with Crippen molar-refractivity contribution in [3.8, 4) is 0 Å². The molecule has 1 aromatic heterocycles. The number of rotatable bonds is 4. The molecular formula is C13H18N2O7. The van der Waals surface area contributed by atoms with E-state index < -0.39 is 41.6 Å². The summed E-state index contributed by atoms with van der Waals surface area (Å²) in [5, 5.41) is 20.4. The van der Waals surface area contributed by atoms with Crippen LogP contribution in [0.15, 0.2) is 15.8 Å². The van der Waals surface area contributed by atoms with Gasteiger partial charge in [-0.3, -0.25) is 19.1 Å². The lowest BCUT2D eigenvalue weighted by Gasteiger charge is -2.25. The smallest absolute Gasteiger partial charge is 0.328 e. The van der Waals surface area contributed by atoms with Gasteiger partial charge in [-0.1, -0.05) is 0 Å². The Balaban J connectivity index is 2.12. The van der Waals surface area contributed by atoms with Crippen LogP contribution in [0.4, 0.5) is 0 Å². The summed E-state index contributed by atoms with van der Waals surface area (Å²) in [7, 11) is 0. The SMILES string of the molecule is CC(=O)OC[C@]1(O)CO[C@@H](Cn2cc(C)c(=O)[nH]c2=O)[C@@H]1O. The zero-order chi connectivity index (χ0) is 16.5. The van der Waals surface area contributed by atoms with E-state index in [4.69, 9.17) is 9.47 Å². The average molecular weight is 314 g/mol. The Bertz CT molecular complexity index is 680. The van der Waals surface area contributed by atoms with Crippen molar-refractivity contribution >= 4 is 5.97 Å². The van der Waals surface area contributed by atoms with Crippen LogP contribution in [0.5, 0.6) is 0 Å². The molecule has 1 saturated heterocycles. The topological polar surface area (TPSA) is 131 Å². The van der Waals surface area contributed by atoms with Crippen molar-refractivity contribution < 1.29 is 24.5 Å². The van der Waals surface area contributed by atoms with E-state index >= 15 is 0 Å². The zero-order valence-electron chi connectivity index (χ0n) is 12.2. The van der Waals surface area contributed by atoms with E-state index in [-0.39, 0.29) is 13.2 Å². The second-order valence-corrected chi connectivity index (χ2v) is 5.40. The minimum absolute atomic E-state index is 0.0556. The van der Waals surface area contributed by atoms with E-state index in [0.29, 0.717) is 5.56 Å². The first kappa shape index (κ1) is 16.4. The Hall–Kier alpha value is -1.97. The molecule has 22 heavy (non-hydrogen) atoms. The first-order valence-corrected chi connectivity index (χ1v) is 6.69. The summed E-state index contributed by atoms with van der Waals surface area (Å²) in [6.07, 6.45) is -0.865. The number of carbonyl (C=O) groups excluding carboxylic acids is 1. The number of nitrogens with zero attached hydrogens (tertiary/aromatic N) is 1. The molecule has 2 heterocycles. The first-order valence-electron chi connectivity index (χ1n) is 6.69. The summed E-state index contributed by atoms with van der Waals surface area (Å²) in [6.45, 7) is 2.03. The van der Waals surface area contributed by atoms with Gasteiger partial charge in [-0.15, -0.1) is 0 Å². The second-order valence-electron chi connectivity index (χ2n) is 5.40. The van der Waals surface area contributed by atoms with Crippen molar-refractivity contribution in [2.24, 2.45) is 0 Å². The van der Waals surface area contributed by atoms with Gasteiger partial charge in [-0.05, 0) is 6.92 Å². The Morgan fingerprint density at radius 1 is 1.59 bits per heavy atom. The molecular weight excluding hydrogens is 296 g/mol. The van der Waals surface area contributed by atoms with Gasteiger partial charge in [-0.25, -0.2) is 4.79 Å². The highest BCUT2D eigenvalue weighted by molar-refractivity contribution is 5.65. The van der Waals surface area contributed by atoms with Crippen LogP contribution in [0, 0.1) is 6.92 Å². The second kappa shape index (κ2) is 6.03. The highest BCUT2D eigenvalue weighted by atomic mass is 16.6. The maximum Gasteiger partial charge on any atom is 0.328 e. The fourth-order valence-electron chi connectivity index (χ4n) is 2.23. The van der Waals surface area contributed by atoms with Crippen LogP contribution in [-0.2, 0) is 20.8 Å². The minimum Gasteiger partial charge on any atom is -0.463 e. The number of aryl methyl sites for hydroxylation is 1. The standard InChI is InChI=1S/C13H18N2O7/c1-7-3-15(12(19)14-11(7)18)4-9-10(17)13(20,6-22-9)5-21-8(2)16/h3,9-10,17,20H,4-6H2,1-2H3,(H,14,18,19)/t9-,10-,13-/m0/s1. The molecule has 9 nitrogen and oxygen atoms in total. The molecule has 3 atom stereocenters. The molecule has 0 bridgehead atoms. The summed E-state index contributed by atoms with van der Waals surface area (Å²) in [5.41, 5.74) is -2.51. The van der Waals surface area contributed by atoms with Crippen LogP contribution in [-0.4, -0.2) is 56.8 Å². The van der Waals surface area contributed by atoms with E-state index in [9.17, 15) is 24.6 Å². The van der Waals surface area contributed by atoms with E-state index in [1.807, 2.05) is 0 Å². The molecule has 9 heteroatoms. The number of carbonyl (C=O) groups is 1. The fraction of sp³-hybridized carbons (Fsp3) is 0.615. The van der Waals surface area contributed by atoms with Gasteiger partial charge in [0.2, 0.25) is 0 Å². The molecule has 1 fully saturated rings. The van der Waals surface area contributed by atoms with Crippen molar-refractivity contribution in [1.82, 2.24) is 9.55 Å². The highest BCUT2D eigenvalue weighted by Gasteiger charge is 2.49. The molecule has 1 aliphatic heterocycles. The highest BCUT2D eigenvalue weighted by Crippen LogP contribution is 2.26. The summed E-state index contributed by atoms with van der Waals surface area (Å²) in [6, 6.07) is 0. The van der Waals surface area contributed by atoms with E-state index in [1.54, 1.807) is 0 Å². The number of aliphatic hydroxyl groups excluding tert-OH is 1. The normalized spacial score (nSPS) is 27.8. The Morgan fingerprint density at radius 2 is 2.27 bits per heavy atom. The lowest BCUT2D eigenvalue weighted by atomic mass is 9.97. The number of aliphatic hydroxyl groups is 2. The van der Waals surface area contributed by atoms with Crippen LogP contribution in [0.1, 0.15) is 12.5 Å². The predicted octanol–water partition coefficient (Wildman–Crippen LogP) is -2.10. The molecule has 0 amide bonds. The number of ether oxygens (including phenoxy) is 2. The molecule has 2 rings (SSSR count). The molecule has 122 valence electrons. The molecule has 0 aromatic carbocycles. The maximum atomic E-state index is 11.7. The fourth-order valence-corrected chi connectivity index (χ4v) is 2.23. The van der Waals surface area contributed by atoms with Gasteiger partial charge in [0.05, 0.1) is 13.2 Å². The lowest BCUT2D eigenvalue weighted by molar-refractivity contribution is -0.154. The van der Waals surface area contributed by atoms with Crippen molar-refractivity contribution in [3.05, 3.63) is 32.6 Å². The van der Waals surface area contributed by atoms with Crippen molar-refractivity contribution in [3.63, 3.8) is 0 Å². The number of aromatic nitrogens is 2. The third-order valence-corrected chi connectivity index (χ3v) is 3.54. The number of H-pyrrole nitrogens is 1. The molecule has 1 aliphatic rings. The molecule has 1 aromatic rings. The minimum atomic E-state index is -1.73. The van der Waals surface area contributed by atoms with Gasteiger partial charge in [-0.2, -0.15) is 0 Å². The Labute approximate surface area is 125 Å². The molecule has 0 aliphatic carbocycles. The Morgan fingerprint density at radius 3 is 2.91 bits per heavy atom. The molecule has 3 N–H and O–H groups in total. The summed E-state index contributed by atoms with van der Waals surface area (Å²) >= 11 is 0. The van der Waals surface area contributed by atoms with Crippen molar-refractivity contribution in [2.75, 3.05) is 13.2 Å². The van der Waals surface area contributed by atoms with E-state index in [1.165, 1.54) is 24.6 Å². The number of aromatic amines is 1. The maximum absolute atomic E-state index is 11.7. The number of nitrogens with one attached hydrogen (secondary N) is 1. The molecule has 0 saturated carbocycles. The zero-order valence-corrected chi connectivity index (χ0v) is 12.2. The van der Waals surface area contributed by atoms with Gasteiger partial charge in [0.15, 0.2) is 5.60 Å². The largest absolute Gasteiger partial charge is 0.463 e. The molecule has 0 unspecified atom stereocenters. The van der Waals surface area contributed by atoms with Crippen molar-refractivity contribution in [1.29, 1.82) is 0 Å². The summed E-state index contributed by atoms with van der Waals surface area (Å²) < 4.78 is 11.2. The van der Waals surface area contributed by atoms with Crippen LogP contribution in [0.2, 0.25) is 0 Å². The van der Waals surface area contributed by atoms with Gasteiger partial charge in [0, 0.05) is 18.7 Å². The van der Waals surface area contributed by atoms with Gasteiger partial charge in [0.1, 0.15) is 18.8 Å². The van der Waals surface area contributed by atoms with Gasteiger partial charge >= 0.3 is 11.7 Å². The first-order chi connectivity index (χ1) is 10.2. The van der Waals surface area contributed by atoms with E-state index in [0.717, 1.165) is 0 Å². The van der Waals surface area contributed by atoms with Gasteiger partial charge in [0.25, 0.3) is 5.56 Å².